The Hall–Kier alpha value is -0.0400. The number of fused-ring (bicyclic) bond motifs is 1. The van der Waals surface area contributed by atoms with E-state index in [4.69, 9.17) is 0 Å². The molecule has 0 bridgehead atoms. The van der Waals surface area contributed by atoms with Gasteiger partial charge >= 0.3 is 0 Å². The molecule has 0 amide bonds. The third-order valence-electron chi connectivity index (χ3n) is 3.72. The molecule has 11 heavy (non-hydrogen) atoms. The molecule has 1 heteroatoms. The van der Waals surface area contributed by atoms with Crippen molar-refractivity contribution in [2.24, 2.45) is 0 Å². The van der Waals surface area contributed by atoms with Crippen LogP contribution in [0.1, 0.15) is 45.4 Å². The minimum atomic E-state index is 0.665. The lowest BCUT2D eigenvalue weighted by Crippen LogP contribution is -2.46. The first-order chi connectivity index (χ1) is 5.37. The van der Waals surface area contributed by atoms with E-state index in [1.807, 2.05) is 0 Å². The van der Waals surface area contributed by atoms with Gasteiger partial charge in [-0.05, 0) is 45.2 Å². The largest absolute Gasteiger partial charge is 0.298 e. The Labute approximate surface area is 69.8 Å². The van der Waals surface area contributed by atoms with Gasteiger partial charge in [-0.3, -0.25) is 4.90 Å². The molecule has 0 aliphatic carbocycles. The molecule has 0 radical (unpaired) electrons. The zero-order valence-electron chi connectivity index (χ0n) is 7.60. The van der Waals surface area contributed by atoms with E-state index in [2.05, 4.69) is 11.8 Å². The van der Waals surface area contributed by atoms with Crippen LogP contribution in [0.3, 0.4) is 0 Å². The van der Waals surface area contributed by atoms with Crippen molar-refractivity contribution in [2.45, 2.75) is 51.0 Å². The fraction of sp³-hybridized carbons (Fsp3) is 1.00. The monoisotopic (exact) mass is 153 g/mol. The van der Waals surface area contributed by atoms with Crippen LogP contribution in [0.25, 0.3) is 0 Å². The molecule has 2 aliphatic rings. The van der Waals surface area contributed by atoms with E-state index in [9.17, 15) is 0 Å². The number of nitrogens with zero attached hydrogens (tertiary/aromatic N) is 1. The summed E-state index contributed by atoms with van der Waals surface area (Å²) >= 11 is 0. The predicted molar refractivity (Wildman–Crippen MR) is 47.7 cm³/mol. The predicted octanol–water partition coefficient (Wildman–Crippen LogP) is 2.41. The van der Waals surface area contributed by atoms with E-state index in [1.54, 1.807) is 0 Å². The first kappa shape index (κ1) is 7.60. The summed E-state index contributed by atoms with van der Waals surface area (Å²) in [6.07, 6.45) is 8.71. The van der Waals surface area contributed by atoms with Crippen LogP contribution in [0.4, 0.5) is 0 Å². The van der Waals surface area contributed by atoms with Crippen LogP contribution in [0.2, 0.25) is 0 Å². The van der Waals surface area contributed by atoms with Crippen LogP contribution in [0.15, 0.2) is 0 Å². The molecule has 0 aromatic carbocycles. The van der Waals surface area contributed by atoms with Gasteiger partial charge in [-0.2, -0.15) is 0 Å². The van der Waals surface area contributed by atoms with Crippen molar-refractivity contribution in [3.63, 3.8) is 0 Å². The second kappa shape index (κ2) is 2.78. The van der Waals surface area contributed by atoms with Crippen molar-refractivity contribution in [3.8, 4) is 0 Å². The second-order valence-electron chi connectivity index (χ2n) is 4.13. The van der Waals surface area contributed by atoms with E-state index in [1.165, 1.54) is 51.6 Å². The quantitative estimate of drug-likeness (QED) is 0.559. The fourth-order valence-corrected chi connectivity index (χ4v) is 2.96. The van der Waals surface area contributed by atoms with Gasteiger partial charge in [-0.15, -0.1) is 0 Å². The van der Waals surface area contributed by atoms with Crippen LogP contribution >= 0.6 is 0 Å². The highest BCUT2D eigenvalue weighted by Crippen LogP contribution is 2.39. The van der Waals surface area contributed by atoms with Gasteiger partial charge in [0.05, 0.1) is 0 Å². The molecular weight excluding hydrogens is 134 g/mol. The molecule has 1 unspecified atom stereocenters. The average molecular weight is 153 g/mol. The summed E-state index contributed by atoms with van der Waals surface area (Å²) in [5.74, 6) is 0. The Morgan fingerprint density at radius 2 is 1.82 bits per heavy atom. The zero-order chi connectivity index (χ0) is 7.73. The zero-order valence-corrected chi connectivity index (χ0v) is 7.60. The maximum absolute atomic E-state index is 2.75. The molecule has 1 atom stereocenters. The van der Waals surface area contributed by atoms with Crippen molar-refractivity contribution in [3.05, 3.63) is 0 Å². The molecule has 0 spiro atoms. The van der Waals surface area contributed by atoms with Gasteiger partial charge in [0.1, 0.15) is 0 Å². The van der Waals surface area contributed by atoms with Crippen LogP contribution in [-0.2, 0) is 0 Å². The fourth-order valence-electron chi connectivity index (χ4n) is 2.96. The molecule has 0 aromatic heterocycles. The van der Waals surface area contributed by atoms with Gasteiger partial charge < -0.3 is 0 Å². The first-order valence-electron chi connectivity index (χ1n) is 5.12. The molecule has 1 nitrogen and oxygen atoms in total. The van der Waals surface area contributed by atoms with Crippen LogP contribution in [0, 0.1) is 0 Å². The summed E-state index contributed by atoms with van der Waals surface area (Å²) < 4.78 is 0. The van der Waals surface area contributed by atoms with Gasteiger partial charge in [-0.1, -0.05) is 13.3 Å². The van der Waals surface area contributed by atoms with Crippen LogP contribution in [0.5, 0.6) is 0 Å². The molecule has 0 saturated carbocycles. The lowest BCUT2D eigenvalue weighted by Gasteiger charge is -2.42. The SMILES string of the molecule is CCC12CCCCN1CCC2. The van der Waals surface area contributed by atoms with E-state index in [-0.39, 0.29) is 0 Å². The lowest BCUT2D eigenvalue weighted by molar-refractivity contribution is 0.0863. The molecule has 2 fully saturated rings. The summed E-state index contributed by atoms with van der Waals surface area (Å²) in [5, 5.41) is 0. The number of piperidine rings is 1. The summed E-state index contributed by atoms with van der Waals surface area (Å²) in [4.78, 5) is 2.75. The molecule has 2 heterocycles. The molecule has 2 saturated heterocycles. The second-order valence-corrected chi connectivity index (χ2v) is 4.13. The van der Waals surface area contributed by atoms with Crippen molar-refractivity contribution in [1.29, 1.82) is 0 Å². The highest BCUT2D eigenvalue weighted by molar-refractivity contribution is 4.96. The van der Waals surface area contributed by atoms with E-state index >= 15 is 0 Å². The van der Waals surface area contributed by atoms with Crippen molar-refractivity contribution < 1.29 is 0 Å². The van der Waals surface area contributed by atoms with Crippen LogP contribution in [-0.4, -0.2) is 23.5 Å². The normalized spacial score (nSPS) is 39.0. The molecule has 2 aliphatic heterocycles. The topological polar surface area (TPSA) is 3.24 Å². The number of rotatable bonds is 1. The third kappa shape index (κ3) is 1.10. The van der Waals surface area contributed by atoms with E-state index in [0.717, 1.165) is 0 Å². The molecule has 64 valence electrons. The summed E-state index contributed by atoms with van der Waals surface area (Å²) in [6.45, 7) is 5.13. The third-order valence-corrected chi connectivity index (χ3v) is 3.72. The van der Waals surface area contributed by atoms with Crippen molar-refractivity contribution >= 4 is 0 Å². The molecule has 2 rings (SSSR count). The van der Waals surface area contributed by atoms with Gasteiger partial charge in [-0.25, -0.2) is 0 Å². The Morgan fingerprint density at radius 1 is 1.09 bits per heavy atom. The highest BCUT2D eigenvalue weighted by Gasteiger charge is 2.40. The standard InChI is InChI=1S/C10H19N/c1-2-10-6-3-4-8-11(10)9-5-7-10/h2-9H2,1H3. The van der Waals surface area contributed by atoms with Crippen LogP contribution < -0.4 is 0 Å². The molecule has 0 aromatic rings. The Balaban J connectivity index is 2.12. The van der Waals surface area contributed by atoms with Crippen molar-refractivity contribution in [2.75, 3.05) is 13.1 Å². The molecule has 0 N–H and O–H groups in total. The van der Waals surface area contributed by atoms with Gasteiger partial charge in [0, 0.05) is 5.54 Å². The van der Waals surface area contributed by atoms with E-state index in [0.29, 0.717) is 5.54 Å². The van der Waals surface area contributed by atoms with Gasteiger partial charge in [0.15, 0.2) is 0 Å². The average Bonchev–Trinajstić information content (AvgIpc) is 2.48. The first-order valence-corrected chi connectivity index (χ1v) is 5.12. The number of hydrogen-bond acceptors (Lipinski definition) is 1. The minimum absolute atomic E-state index is 0.665. The van der Waals surface area contributed by atoms with Gasteiger partial charge in [0.2, 0.25) is 0 Å². The maximum Gasteiger partial charge on any atom is 0.0207 e. The summed E-state index contributed by atoms with van der Waals surface area (Å²) in [5.41, 5.74) is 0.665. The highest BCUT2D eigenvalue weighted by atomic mass is 15.2. The minimum Gasteiger partial charge on any atom is -0.298 e. The number of hydrogen-bond donors (Lipinski definition) is 0. The summed E-state index contributed by atoms with van der Waals surface area (Å²) in [6, 6.07) is 0. The lowest BCUT2D eigenvalue weighted by atomic mass is 9.84. The Bertz CT molecular complexity index is 144. The summed E-state index contributed by atoms with van der Waals surface area (Å²) in [7, 11) is 0. The van der Waals surface area contributed by atoms with E-state index < -0.39 is 0 Å². The molecular formula is C10H19N. The Morgan fingerprint density at radius 3 is 2.55 bits per heavy atom. The maximum atomic E-state index is 2.75. The smallest absolute Gasteiger partial charge is 0.0207 e. The van der Waals surface area contributed by atoms with Gasteiger partial charge in [0.25, 0.3) is 0 Å². The Kier molecular flexibility index (Phi) is 1.92. The van der Waals surface area contributed by atoms with Crippen molar-refractivity contribution in [1.82, 2.24) is 4.90 Å².